The van der Waals surface area contributed by atoms with Gasteiger partial charge in [0, 0.05) is 24.7 Å². The van der Waals surface area contributed by atoms with Crippen molar-refractivity contribution in [3.63, 3.8) is 0 Å². The van der Waals surface area contributed by atoms with Crippen molar-refractivity contribution in [3.8, 4) is 0 Å². The number of fused-ring (bicyclic) bond motifs is 1. The van der Waals surface area contributed by atoms with E-state index in [1.165, 1.54) is 11.3 Å². The molecule has 0 aromatic carbocycles. The van der Waals surface area contributed by atoms with Gasteiger partial charge in [0.15, 0.2) is 0 Å². The summed E-state index contributed by atoms with van der Waals surface area (Å²) in [6, 6.07) is 3.75. The third-order valence-electron chi connectivity index (χ3n) is 2.97. The molecule has 0 saturated heterocycles. The lowest BCUT2D eigenvalue weighted by Crippen LogP contribution is -2.32. The molecule has 2 heterocycles. The molecule has 0 aliphatic carbocycles. The minimum absolute atomic E-state index is 0.0317. The van der Waals surface area contributed by atoms with E-state index in [9.17, 15) is 4.79 Å². The van der Waals surface area contributed by atoms with Crippen LogP contribution in [-0.4, -0.2) is 28.9 Å². The monoisotopic (exact) mass is 277 g/mol. The van der Waals surface area contributed by atoms with Crippen LogP contribution in [0.2, 0.25) is 0 Å². The predicted octanol–water partition coefficient (Wildman–Crippen LogP) is 3.14. The Morgan fingerprint density at radius 1 is 1.37 bits per heavy atom. The average molecular weight is 277 g/mol. The van der Waals surface area contributed by atoms with E-state index < -0.39 is 0 Å². The predicted molar refractivity (Wildman–Crippen MR) is 80.5 cm³/mol. The standard InChI is InChI=1S/C14H19N3OS/c1-3-8-17(9-4-2)14(18)12-11(15)10-6-5-7-16-13(10)19-12/h5-7H,3-4,8-9,15H2,1-2H3. The highest BCUT2D eigenvalue weighted by Gasteiger charge is 2.21. The summed E-state index contributed by atoms with van der Waals surface area (Å²) in [7, 11) is 0. The number of aromatic nitrogens is 1. The fourth-order valence-corrected chi connectivity index (χ4v) is 3.14. The molecule has 0 aliphatic rings. The van der Waals surface area contributed by atoms with E-state index in [1.54, 1.807) is 6.20 Å². The largest absolute Gasteiger partial charge is 0.397 e. The minimum atomic E-state index is 0.0317. The van der Waals surface area contributed by atoms with Gasteiger partial charge in [-0.3, -0.25) is 4.79 Å². The van der Waals surface area contributed by atoms with Crippen LogP contribution in [-0.2, 0) is 0 Å². The van der Waals surface area contributed by atoms with Crippen LogP contribution in [0.1, 0.15) is 36.4 Å². The third-order valence-corrected chi connectivity index (χ3v) is 4.09. The molecule has 0 aliphatic heterocycles. The minimum Gasteiger partial charge on any atom is -0.397 e. The van der Waals surface area contributed by atoms with E-state index in [4.69, 9.17) is 5.73 Å². The van der Waals surface area contributed by atoms with Crippen molar-refractivity contribution in [1.82, 2.24) is 9.88 Å². The lowest BCUT2D eigenvalue weighted by atomic mass is 10.2. The first-order chi connectivity index (χ1) is 9.19. The first-order valence-electron chi connectivity index (χ1n) is 6.61. The Balaban J connectivity index is 2.37. The van der Waals surface area contributed by atoms with E-state index in [-0.39, 0.29) is 5.91 Å². The quantitative estimate of drug-likeness (QED) is 0.913. The number of carbonyl (C=O) groups excluding carboxylic acids is 1. The maximum Gasteiger partial charge on any atom is 0.266 e. The number of rotatable bonds is 5. The summed E-state index contributed by atoms with van der Waals surface area (Å²) in [5.74, 6) is 0.0317. The van der Waals surface area contributed by atoms with Gasteiger partial charge >= 0.3 is 0 Å². The maximum atomic E-state index is 12.5. The van der Waals surface area contributed by atoms with Gasteiger partial charge in [0.25, 0.3) is 5.91 Å². The molecule has 0 radical (unpaired) electrons. The van der Waals surface area contributed by atoms with Gasteiger partial charge in [-0.15, -0.1) is 11.3 Å². The number of nitrogens with zero attached hydrogens (tertiary/aromatic N) is 2. The van der Waals surface area contributed by atoms with Gasteiger partial charge in [-0.2, -0.15) is 0 Å². The third kappa shape index (κ3) is 2.71. The average Bonchev–Trinajstić information content (AvgIpc) is 2.76. The second kappa shape index (κ2) is 6.02. The Hall–Kier alpha value is -1.62. The number of amides is 1. The van der Waals surface area contributed by atoms with E-state index in [1.807, 2.05) is 17.0 Å². The van der Waals surface area contributed by atoms with Crippen molar-refractivity contribution >= 4 is 33.1 Å². The highest BCUT2D eigenvalue weighted by atomic mass is 32.1. The second-order valence-electron chi connectivity index (χ2n) is 4.49. The van der Waals surface area contributed by atoms with Crippen molar-refractivity contribution in [1.29, 1.82) is 0 Å². The first-order valence-corrected chi connectivity index (χ1v) is 7.42. The van der Waals surface area contributed by atoms with Crippen molar-refractivity contribution in [2.45, 2.75) is 26.7 Å². The zero-order valence-corrected chi connectivity index (χ0v) is 12.2. The number of hydrogen-bond donors (Lipinski definition) is 1. The van der Waals surface area contributed by atoms with Crippen LogP contribution in [0.25, 0.3) is 10.2 Å². The molecule has 19 heavy (non-hydrogen) atoms. The van der Waals surface area contributed by atoms with E-state index in [0.29, 0.717) is 10.6 Å². The zero-order valence-electron chi connectivity index (χ0n) is 11.3. The highest BCUT2D eigenvalue weighted by Crippen LogP contribution is 2.32. The summed E-state index contributed by atoms with van der Waals surface area (Å²) >= 11 is 1.38. The number of thiophene rings is 1. The van der Waals surface area contributed by atoms with Gasteiger partial charge in [0.2, 0.25) is 0 Å². The van der Waals surface area contributed by atoms with E-state index in [0.717, 1.165) is 36.1 Å². The highest BCUT2D eigenvalue weighted by molar-refractivity contribution is 7.21. The first kappa shape index (κ1) is 13.8. The van der Waals surface area contributed by atoms with Crippen molar-refractivity contribution in [3.05, 3.63) is 23.2 Å². The molecule has 2 rings (SSSR count). The SMILES string of the molecule is CCCN(CCC)C(=O)c1sc2ncccc2c1N. The molecular weight excluding hydrogens is 258 g/mol. The summed E-state index contributed by atoms with van der Waals surface area (Å²) in [5, 5.41) is 0.879. The number of nitrogens with two attached hydrogens (primary N) is 1. The number of nitrogen functional groups attached to an aromatic ring is 1. The van der Waals surface area contributed by atoms with Gasteiger partial charge < -0.3 is 10.6 Å². The molecule has 2 aromatic rings. The number of carbonyl (C=O) groups is 1. The van der Waals surface area contributed by atoms with Gasteiger partial charge in [0.1, 0.15) is 9.71 Å². The van der Waals surface area contributed by atoms with Crippen LogP contribution in [0, 0.1) is 0 Å². The van der Waals surface area contributed by atoms with Crippen molar-refractivity contribution in [2.24, 2.45) is 0 Å². The van der Waals surface area contributed by atoms with E-state index in [2.05, 4.69) is 18.8 Å². The Kier molecular flexibility index (Phi) is 4.37. The Labute approximate surface area is 117 Å². The Bertz CT molecular complexity index is 573. The molecule has 2 N–H and O–H groups in total. The van der Waals surface area contributed by atoms with Crippen molar-refractivity contribution in [2.75, 3.05) is 18.8 Å². The fourth-order valence-electron chi connectivity index (χ4n) is 2.11. The topological polar surface area (TPSA) is 59.2 Å². The molecule has 1 amide bonds. The summed E-state index contributed by atoms with van der Waals surface area (Å²) in [6.07, 6.45) is 3.63. The van der Waals surface area contributed by atoms with Crippen LogP contribution < -0.4 is 5.73 Å². The summed E-state index contributed by atoms with van der Waals surface area (Å²) in [4.78, 5) is 20.1. The lowest BCUT2D eigenvalue weighted by molar-refractivity contribution is 0.0761. The van der Waals surface area contributed by atoms with Crippen LogP contribution in [0.5, 0.6) is 0 Å². The summed E-state index contributed by atoms with van der Waals surface area (Å²) in [5.41, 5.74) is 6.66. The van der Waals surface area contributed by atoms with Gasteiger partial charge in [-0.05, 0) is 25.0 Å². The normalized spacial score (nSPS) is 10.8. The Morgan fingerprint density at radius 2 is 2.05 bits per heavy atom. The molecule has 0 spiro atoms. The van der Waals surface area contributed by atoms with Crippen molar-refractivity contribution < 1.29 is 4.79 Å². The fraction of sp³-hybridized carbons (Fsp3) is 0.429. The van der Waals surface area contributed by atoms with Crippen LogP contribution in [0.15, 0.2) is 18.3 Å². The maximum absolute atomic E-state index is 12.5. The summed E-state index contributed by atoms with van der Waals surface area (Å²) < 4.78 is 0. The van der Waals surface area contributed by atoms with Crippen LogP contribution >= 0.6 is 11.3 Å². The molecule has 4 nitrogen and oxygen atoms in total. The zero-order chi connectivity index (χ0) is 13.8. The lowest BCUT2D eigenvalue weighted by Gasteiger charge is -2.20. The Morgan fingerprint density at radius 3 is 2.63 bits per heavy atom. The number of pyridine rings is 1. The molecule has 102 valence electrons. The number of hydrogen-bond acceptors (Lipinski definition) is 4. The molecule has 0 bridgehead atoms. The van der Waals surface area contributed by atoms with Gasteiger partial charge in [-0.25, -0.2) is 4.98 Å². The molecule has 2 aromatic heterocycles. The molecular formula is C14H19N3OS. The second-order valence-corrected chi connectivity index (χ2v) is 5.49. The van der Waals surface area contributed by atoms with Gasteiger partial charge in [0.05, 0.1) is 5.69 Å². The van der Waals surface area contributed by atoms with Crippen LogP contribution in [0.3, 0.4) is 0 Å². The molecule has 0 saturated carbocycles. The molecule has 0 unspecified atom stereocenters. The van der Waals surface area contributed by atoms with Crippen LogP contribution in [0.4, 0.5) is 5.69 Å². The van der Waals surface area contributed by atoms with E-state index >= 15 is 0 Å². The molecule has 0 fully saturated rings. The number of anilines is 1. The molecule has 5 heteroatoms. The smallest absolute Gasteiger partial charge is 0.266 e. The molecule has 0 atom stereocenters. The van der Waals surface area contributed by atoms with Gasteiger partial charge in [-0.1, -0.05) is 13.8 Å². The summed E-state index contributed by atoms with van der Waals surface area (Å²) in [6.45, 7) is 5.69.